The molecule has 0 radical (unpaired) electrons. The number of benzene rings is 3. The van der Waals surface area contributed by atoms with Crippen molar-refractivity contribution in [3.63, 3.8) is 0 Å². The zero-order valence-electron chi connectivity index (χ0n) is 17.1. The Hall–Kier alpha value is -3.48. The fraction of sp³-hybridized carbons (Fsp3) is 0.0400. The Balaban J connectivity index is 1.74. The van der Waals surface area contributed by atoms with E-state index in [-0.39, 0.29) is 10.8 Å². The van der Waals surface area contributed by atoms with Crippen LogP contribution in [0.4, 0.5) is 5.69 Å². The number of nitrogens with zero attached hydrogens (tertiary/aromatic N) is 1. The van der Waals surface area contributed by atoms with E-state index in [2.05, 4.69) is 10.3 Å². The molecule has 5 nitrogen and oxygen atoms in total. The Labute approximate surface area is 191 Å². The van der Waals surface area contributed by atoms with Gasteiger partial charge >= 0.3 is 0 Å². The molecule has 4 aromatic rings. The van der Waals surface area contributed by atoms with Crippen LogP contribution < -0.4 is 5.32 Å². The van der Waals surface area contributed by atoms with Crippen molar-refractivity contribution in [2.45, 2.75) is 4.90 Å². The second-order valence-electron chi connectivity index (χ2n) is 7.21. The average Bonchev–Trinajstić information content (AvgIpc) is 2.79. The lowest BCUT2D eigenvalue weighted by Crippen LogP contribution is -2.14. The van der Waals surface area contributed by atoms with E-state index in [0.29, 0.717) is 27.4 Å². The monoisotopic (exact) mass is 462 g/mol. The first-order valence-electron chi connectivity index (χ1n) is 9.75. The maximum atomic E-state index is 13.2. The number of rotatable bonds is 5. The van der Waals surface area contributed by atoms with Gasteiger partial charge in [0.1, 0.15) is 0 Å². The summed E-state index contributed by atoms with van der Waals surface area (Å²) < 4.78 is 24.2. The molecule has 7 heteroatoms. The molecular weight excluding hydrogens is 444 g/mol. The van der Waals surface area contributed by atoms with Crippen LogP contribution in [-0.2, 0) is 9.84 Å². The first-order chi connectivity index (χ1) is 15.3. The van der Waals surface area contributed by atoms with Crippen LogP contribution in [0.2, 0.25) is 5.02 Å². The fourth-order valence-corrected chi connectivity index (χ4v) is 4.23. The number of aromatic nitrogens is 1. The van der Waals surface area contributed by atoms with E-state index in [1.54, 1.807) is 36.5 Å². The van der Waals surface area contributed by atoms with Crippen LogP contribution in [0, 0.1) is 0 Å². The average molecular weight is 463 g/mol. The highest BCUT2D eigenvalue weighted by Gasteiger charge is 2.19. The van der Waals surface area contributed by atoms with Gasteiger partial charge in [0.05, 0.1) is 10.6 Å². The topological polar surface area (TPSA) is 76.1 Å². The standard InChI is InChI=1S/C25H19ClN2O3S/c1-32(30,31)19-12-13-21(22(16-19)20-9-2-3-10-23(20)26)25(29)28-18-8-6-7-17(15-18)24-11-4-5-14-27-24/h2-16H,1H3,(H,28,29). The van der Waals surface area contributed by atoms with E-state index in [4.69, 9.17) is 11.6 Å². The van der Waals surface area contributed by atoms with Crippen LogP contribution >= 0.6 is 11.6 Å². The number of nitrogens with one attached hydrogen (secondary N) is 1. The Morgan fingerprint density at radius 3 is 2.38 bits per heavy atom. The Bertz CT molecular complexity index is 1400. The van der Waals surface area contributed by atoms with Gasteiger partial charge in [0.25, 0.3) is 5.91 Å². The molecule has 4 rings (SSSR count). The van der Waals surface area contributed by atoms with Gasteiger partial charge in [-0.25, -0.2) is 8.42 Å². The van der Waals surface area contributed by atoms with Crippen molar-refractivity contribution in [1.82, 2.24) is 4.98 Å². The third-order valence-corrected chi connectivity index (χ3v) is 6.35. The van der Waals surface area contributed by atoms with Crippen molar-refractivity contribution < 1.29 is 13.2 Å². The lowest BCUT2D eigenvalue weighted by molar-refractivity contribution is 0.102. The third-order valence-electron chi connectivity index (χ3n) is 4.91. The Kier molecular flexibility index (Phi) is 6.08. The number of carbonyl (C=O) groups excluding carboxylic acids is 1. The van der Waals surface area contributed by atoms with Gasteiger partial charge in [-0.05, 0) is 54.1 Å². The minimum atomic E-state index is -3.47. The van der Waals surface area contributed by atoms with Crippen molar-refractivity contribution >= 4 is 33.0 Å². The summed E-state index contributed by atoms with van der Waals surface area (Å²) in [4.78, 5) is 17.7. The summed E-state index contributed by atoms with van der Waals surface area (Å²) in [6.07, 6.45) is 2.83. The molecule has 1 amide bonds. The number of sulfone groups is 1. The predicted octanol–water partition coefficient (Wildman–Crippen LogP) is 5.72. The second kappa shape index (κ2) is 8.94. The lowest BCUT2D eigenvalue weighted by Gasteiger charge is -2.14. The summed E-state index contributed by atoms with van der Waals surface area (Å²) in [5.74, 6) is -0.377. The van der Waals surface area contributed by atoms with Crippen LogP contribution in [0.1, 0.15) is 10.4 Å². The highest BCUT2D eigenvalue weighted by Crippen LogP contribution is 2.33. The second-order valence-corrected chi connectivity index (χ2v) is 9.63. The maximum Gasteiger partial charge on any atom is 0.256 e. The lowest BCUT2D eigenvalue weighted by atomic mass is 9.99. The van der Waals surface area contributed by atoms with E-state index in [0.717, 1.165) is 17.5 Å². The number of hydrogen-bond donors (Lipinski definition) is 1. The molecule has 0 atom stereocenters. The van der Waals surface area contributed by atoms with Crippen LogP contribution in [0.25, 0.3) is 22.4 Å². The molecule has 1 N–H and O–H groups in total. The van der Waals surface area contributed by atoms with Gasteiger partial charge in [0.15, 0.2) is 9.84 Å². The minimum absolute atomic E-state index is 0.112. The van der Waals surface area contributed by atoms with E-state index < -0.39 is 9.84 Å². The molecule has 3 aromatic carbocycles. The molecule has 0 aliphatic carbocycles. The summed E-state index contributed by atoms with van der Waals surface area (Å²) in [5.41, 5.74) is 3.58. The van der Waals surface area contributed by atoms with E-state index in [1.165, 1.54) is 18.2 Å². The summed E-state index contributed by atoms with van der Waals surface area (Å²) in [6.45, 7) is 0. The highest BCUT2D eigenvalue weighted by molar-refractivity contribution is 7.90. The molecule has 0 spiro atoms. The zero-order valence-corrected chi connectivity index (χ0v) is 18.7. The number of anilines is 1. The summed E-state index contributed by atoms with van der Waals surface area (Å²) >= 11 is 6.36. The highest BCUT2D eigenvalue weighted by atomic mass is 35.5. The van der Waals surface area contributed by atoms with Gasteiger partial charge in [-0.2, -0.15) is 0 Å². The van der Waals surface area contributed by atoms with Gasteiger partial charge in [0.2, 0.25) is 0 Å². The van der Waals surface area contributed by atoms with Crippen molar-refractivity contribution in [1.29, 1.82) is 0 Å². The van der Waals surface area contributed by atoms with Crippen molar-refractivity contribution in [2.24, 2.45) is 0 Å². The number of pyridine rings is 1. The number of hydrogen-bond acceptors (Lipinski definition) is 4. The van der Waals surface area contributed by atoms with Crippen LogP contribution in [0.15, 0.2) is 96.0 Å². The molecular formula is C25H19ClN2O3S. The summed E-state index contributed by atoms with van der Waals surface area (Å²) in [5, 5.41) is 3.32. The van der Waals surface area contributed by atoms with Gasteiger partial charge in [0, 0.05) is 39.9 Å². The Morgan fingerprint density at radius 1 is 0.875 bits per heavy atom. The van der Waals surface area contributed by atoms with Crippen LogP contribution in [-0.4, -0.2) is 25.6 Å². The zero-order chi connectivity index (χ0) is 22.7. The van der Waals surface area contributed by atoms with Gasteiger partial charge in [-0.15, -0.1) is 0 Å². The molecule has 0 fully saturated rings. The van der Waals surface area contributed by atoms with E-state index >= 15 is 0 Å². The quantitative estimate of drug-likeness (QED) is 0.411. The molecule has 1 aromatic heterocycles. The van der Waals surface area contributed by atoms with Crippen LogP contribution in [0.3, 0.4) is 0 Å². The molecule has 0 unspecified atom stereocenters. The first kappa shape index (κ1) is 21.7. The molecule has 0 bridgehead atoms. The largest absolute Gasteiger partial charge is 0.322 e. The van der Waals surface area contributed by atoms with E-state index in [9.17, 15) is 13.2 Å². The minimum Gasteiger partial charge on any atom is -0.322 e. The number of halogens is 1. The maximum absolute atomic E-state index is 13.2. The molecule has 0 saturated carbocycles. The smallest absolute Gasteiger partial charge is 0.256 e. The van der Waals surface area contributed by atoms with Crippen LogP contribution in [0.5, 0.6) is 0 Å². The van der Waals surface area contributed by atoms with Gasteiger partial charge in [-0.1, -0.05) is 48.0 Å². The van der Waals surface area contributed by atoms with Crippen molar-refractivity contribution in [2.75, 3.05) is 11.6 Å². The van der Waals surface area contributed by atoms with Crippen molar-refractivity contribution in [3.8, 4) is 22.4 Å². The summed E-state index contributed by atoms with van der Waals surface area (Å²) in [7, 11) is -3.47. The molecule has 160 valence electrons. The predicted molar refractivity (Wildman–Crippen MR) is 128 cm³/mol. The number of carbonyl (C=O) groups is 1. The van der Waals surface area contributed by atoms with E-state index in [1.807, 2.05) is 36.4 Å². The molecule has 0 aliphatic rings. The van der Waals surface area contributed by atoms with Gasteiger partial charge < -0.3 is 5.32 Å². The fourth-order valence-electron chi connectivity index (χ4n) is 3.34. The van der Waals surface area contributed by atoms with Gasteiger partial charge in [-0.3, -0.25) is 9.78 Å². The molecule has 0 saturated heterocycles. The first-order valence-corrected chi connectivity index (χ1v) is 12.0. The molecule has 32 heavy (non-hydrogen) atoms. The Morgan fingerprint density at radius 2 is 1.66 bits per heavy atom. The normalized spacial score (nSPS) is 11.2. The number of amides is 1. The summed E-state index contributed by atoms with van der Waals surface area (Å²) in [6, 6.07) is 24.4. The SMILES string of the molecule is CS(=O)(=O)c1ccc(C(=O)Nc2cccc(-c3ccccn3)c2)c(-c2ccccc2Cl)c1. The molecule has 0 aliphatic heterocycles. The molecule has 1 heterocycles. The third kappa shape index (κ3) is 4.72. The van der Waals surface area contributed by atoms with Crippen molar-refractivity contribution in [3.05, 3.63) is 102 Å².